The largest absolute Gasteiger partial charge is 0.493 e. The fourth-order valence-electron chi connectivity index (χ4n) is 2.51. The number of unbranched alkanes of at least 4 members (excludes halogenated alkanes) is 1. The normalized spacial score (nSPS) is 16.2. The molecule has 1 fully saturated rings. The predicted octanol–water partition coefficient (Wildman–Crippen LogP) is 3.14. The molecule has 0 aliphatic carbocycles. The number of benzene rings is 1. The lowest BCUT2D eigenvalue weighted by Gasteiger charge is -2.26. The van der Waals surface area contributed by atoms with Gasteiger partial charge in [-0.3, -0.25) is 4.79 Å². The van der Waals surface area contributed by atoms with Crippen LogP contribution in [0.2, 0.25) is 0 Å². The molecule has 0 spiro atoms. The molecule has 3 nitrogen and oxygen atoms in total. The van der Waals surface area contributed by atoms with Gasteiger partial charge in [0.2, 0.25) is 0 Å². The van der Waals surface area contributed by atoms with E-state index in [-0.39, 0.29) is 0 Å². The van der Waals surface area contributed by atoms with Crippen molar-refractivity contribution in [2.24, 2.45) is 0 Å². The van der Waals surface area contributed by atoms with E-state index >= 15 is 0 Å². The summed E-state index contributed by atoms with van der Waals surface area (Å²) in [6.45, 7) is 4.39. The van der Waals surface area contributed by atoms with E-state index in [9.17, 15) is 4.79 Å². The van der Waals surface area contributed by atoms with Crippen LogP contribution in [0.1, 0.15) is 42.5 Å². The van der Waals surface area contributed by atoms with Gasteiger partial charge in [0.1, 0.15) is 5.75 Å². The summed E-state index contributed by atoms with van der Waals surface area (Å²) in [5.74, 6) is 0.704. The topological polar surface area (TPSA) is 29.5 Å². The number of carbonyl (C=O) groups is 1. The van der Waals surface area contributed by atoms with E-state index in [1.54, 1.807) is 6.07 Å². The molecule has 1 aliphatic heterocycles. The smallest absolute Gasteiger partial charge is 0.153 e. The van der Waals surface area contributed by atoms with Gasteiger partial charge in [-0.25, -0.2) is 0 Å². The molecule has 2 rings (SSSR count). The average Bonchev–Trinajstić information content (AvgIpc) is 2.48. The van der Waals surface area contributed by atoms with Crippen molar-refractivity contribution in [3.63, 3.8) is 0 Å². The highest BCUT2D eigenvalue weighted by Crippen LogP contribution is 2.16. The zero-order valence-electron chi connectivity index (χ0n) is 11.5. The van der Waals surface area contributed by atoms with Gasteiger partial charge in [-0.15, -0.1) is 0 Å². The fourth-order valence-corrected chi connectivity index (χ4v) is 2.51. The summed E-state index contributed by atoms with van der Waals surface area (Å²) in [4.78, 5) is 13.4. The Kier molecular flexibility index (Phi) is 5.89. The molecule has 0 amide bonds. The van der Waals surface area contributed by atoms with Crippen LogP contribution in [0.25, 0.3) is 0 Å². The molecule has 0 unspecified atom stereocenters. The van der Waals surface area contributed by atoms with E-state index in [1.165, 1.54) is 45.3 Å². The molecule has 1 aliphatic rings. The van der Waals surface area contributed by atoms with Crippen LogP contribution in [0.15, 0.2) is 24.3 Å². The minimum Gasteiger partial charge on any atom is -0.493 e. The summed E-state index contributed by atoms with van der Waals surface area (Å²) in [5.41, 5.74) is 0.638. The van der Waals surface area contributed by atoms with Gasteiger partial charge < -0.3 is 9.64 Å². The standard InChI is InChI=1S/C16H23NO2/c18-14-15-8-2-3-9-16(15)19-13-7-6-12-17-10-4-1-5-11-17/h2-3,8-9,14H,1,4-7,10-13H2. The highest BCUT2D eigenvalue weighted by atomic mass is 16.5. The minimum atomic E-state index is 0.638. The van der Waals surface area contributed by atoms with Crippen LogP contribution in [0.3, 0.4) is 0 Å². The molecule has 0 bridgehead atoms. The third kappa shape index (κ3) is 4.67. The van der Waals surface area contributed by atoms with Crippen molar-refractivity contribution in [3.8, 4) is 5.75 Å². The second-order valence-electron chi connectivity index (χ2n) is 5.11. The zero-order valence-corrected chi connectivity index (χ0v) is 11.5. The summed E-state index contributed by atoms with van der Waals surface area (Å²) >= 11 is 0. The van der Waals surface area contributed by atoms with Crippen LogP contribution in [-0.2, 0) is 0 Å². The SMILES string of the molecule is O=Cc1ccccc1OCCCCN1CCCCC1. The van der Waals surface area contributed by atoms with Crippen molar-refractivity contribution in [1.82, 2.24) is 4.90 Å². The summed E-state index contributed by atoms with van der Waals surface area (Å²) in [6, 6.07) is 7.40. The molecule has 104 valence electrons. The van der Waals surface area contributed by atoms with Crippen LogP contribution in [-0.4, -0.2) is 37.4 Å². The van der Waals surface area contributed by atoms with Gasteiger partial charge >= 0.3 is 0 Å². The predicted molar refractivity (Wildman–Crippen MR) is 76.8 cm³/mol. The Morgan fingerprint density at radius 1 is 1.11 bits per heavy atom. The van der Waals surface area contributed by atoms with Crippen molar-refractivity contribution in [2.45, 2.75) is 32.1 Å². The van der Waals surface area contributed by atoms with Crippen LogP contribution in [0.4, 0.5) is 0 Å². The maximum Gasteiger partial charge on any atom is 0.153 e. The molecule has 3 heteroatoms. The van der Waals surface area contributed by atoms with Crippen LogP contribution in [0.5, 0.6) is 5.75 Å². The summed E-state index contributed by atoms with van der Waals surface area (Å²) in [5, 5.41) is 0. The molecular weight excluding hydrogens is 238 g/mol. The van der Waals surface area contributed by atoms with Crippen LogP contribution >= 0.6 is 0 Å². The molecule has 0 saturated carbocycles. The van der Waals surface area contributed by atoms with E-state index in [1.807, 2.05) is 18.2 Å². The molecule has 0 atom stereocenters. The molecule has 0 aromatic heterocycles. The number of hydrogen-bond donors (Lipinski definition) is 0. The fraction of sp³-hybridized carbons (Fsp3) is 0.562. The lowest BCUT2D eigenvalue weighted by molar-refractivity contribution is 0.111. The Morgan fingerprint density at radius 3 is 2.68 bits per heavy atom. The van der Waals surface area contributed by atoms with Crippen molar-refractivity contribution < 1.29 is 9.53 Å². The van der Waals surface area contributed by atoms with E-state index in [4.69, 9.17) is 4.74 Å². The van der Waals surface area contributed by atoms with Crippen LogP contribution < -0.4 is 4.74 Å². The van der Waals surface area contributed by atoms with E-state index in [2.05, 4.69) is 4.90 Å². The van der Waals surface area contributed by atoms with Gasteiger partial charge in [0.25, 0.3) is 0 Å². The third-order valence-electron chi connectivity index (χ3n) is 3.62. The number of likely N-dealkylation sites (tertiary alicyclic amines) is 1. The average molecular weight is 261 g/mol. The number of hydrogen-bond acceptors (Lipinski definition) is 3. The zero-order chi connectivity index (χ0) is 13.3. The molecule has 1 saturated heterocycles. The lowest BCUT2D eigenvalue weighted by Crippen LogP contribution is -2.30. The summed E-state index contributed by atoms with van der Waals surface area (Å²) in [6.07, 6.45) is 7.16. The second kappa shape index (κ2) is 7.95. The number of rotatable bonds is 7. The summed E-state index contributed by atoms with van der Waals surface area (Å²) < 4.78 is 5.67. The third-order valence-corrected chi connectivity index (χ3v) is 3.62. The maximum atomic E-state index is 10.8. The molecular formula is C16H23NO2. The highest BCUT2D eigenvalue weighted by molar-refractivity contribution is 5.79. The molecule has 1 aromatic rings. The summed E-state index contributed by atoms with van der Waals surface area (Å²) in [7, 11) is 0. The monoisotopic (exact) mass is 261 g/mol. The van der Waals surface area contributed by atoms with Gasteiger partial charge in [0.05, 0.1) is 12.2 Å². The number of carbonyl (C=O) groups excluding carboxylic acids is 1. The number of aldehydes is 1. The van der Waals surface area contributed by atoms with Gasteiger partial charge in [0.15, 0.2) is 6.29 Å². The van der Waals surface area contributed by atoms with Gasteiger partial charge in [-0.1, -0.05) is 18.6 Å². The lowest BCUT2D eigenvalue weighted by atomic mass is 10.1. The Hall–Kier alpha value is -1.35. The Labute approximate surface area is 115 Å². The number of nitrogens with zero attached hydrogens (tertiary/aromatic N) is 1. The van der Waals surface area contributed by atoms with Gasteiger partial charge in [-0.2, -0.15) is 0 Å². The number of para-hydroxylation sites is 1. The van der Waals surface area contributed by atoms with Crippen molar-refractivity contribution in [2.75, 3.05) is 26.2 Å². The van der Waals surface area contributed by atoms with E-state index in [0.29, 0.717) is 17.9 Å². The second-order valence-corrected chi connectivity index (χ2v) is 5.11. The minimum absolute atomic E-state index is 0.638. The van der Waals surface area contributed by atoms with Crippen molar-refractivity contribution >= 4 is 6.29 Å². The number of piperidine rings is 1. The quantitative estimate of drug-likeness (QED) is 0.558. The van der Waals surface area contributed by atoms with Crippen molar-refractivity contribution in [1.29, 1.82) is 0 Å². The highest BCUT2D eigenvalue weighted by Gasteiger charge is 2.09. The molecule has 1 aromatic carbocycles. The van der Waals surface area contributed by atoms with E-state index < -0.39 is 0 Å². The van der Waals surface area contributed by atoms with E-state index in [0.717, 1.165) is 12.7 Å². The Balaban J connectivity index is 1.62. The first-order chi connectivity index (χ1) is 9.40. The first-order valence-corrected chi connectivity index (χ1v) is 7.29. The van der Waals surface area contributed by atoms with Crippen molar-refractivity contribution in [3.05, 3.63) is 29.8 Å². The first-order valence-electron chi connectivity index (χ1n) is 7.29. The number of ether oxygens (including phenoxy) is 1. The molecule has 0 N–H and O–H groups in total. The first kappa shape index (κ1) is 14.1. The molecule has 0 radical (unpaired) electrons. The Morgan fingerprint density at radius 2 is 1.89 bits per heavy atom. The maximum absolute atomic E-state index is 10.8. The molecule has 19 heavy (non-hydrogen) atoms. The Bertz CT molecular complexity index is 386. The molecule has 1 heterocycles. The van der Waals surface area contributed by atoms with Crippen LogP contribution in [0, 0.1) is 0 Å². The van der Waals surface area contributed by atoms with Gasteiger partial charge in [-0.05, 0) is 57.5 Å². The van der Waals surface area contributed by atoms with Gasteiger partial charge in [0, 0.05) is 0 Å².